The highest BCUT2D eigenvalue weighted by molar-refractivity contribution is 5.84. The van der Waals surface area contributed by atoms with Crippen molar-refractivity contribution in [2.75, 3.05) is 13.1 Å². The lowest BCUT2D eigenvalue weighted by Crippen LogP contribution is -2.34. The average Bonchev–Trinajstić information content (AvgIpc) is 3.32. The Bertz CT molecular complexity index is 1070. The zero-order chi connectivity index (χ0) is 21.8. The van der Waals surface area contributed by atoms with Crippen LogP contribution in [0.5, 0.6) is 0 Å². The van der Waals surface area contributed by atoms with Crippen LogP contribution in [0, 0.1) is 5.92 Å². The Morgan fingerprint density at radius 3 is 2.87 bits per heavy atom. The number of nitrogens with one attached hydrogen (secondary N) is 2. The van der Waals surface area contributed by atoms with E-state index in [2.05, 4.69) is 26.6 Å². The number of fused-ring (bicyclic) bond motifs is 2. The third-order valence-corrected chi connectivity index (χ3v) is 6.22. The number of aryl methyl sites for hydroxylation is 1. The predicted octanol–water partition coefficient (Wildman–Crippen LogP) is 2.44. The van der Waals surface area contributed by atoms with Crippen LogP contribution in [-0.4, -0.2) is 49.6 Å². The average molecular weight is 423 g/mol. The minimum Gasteiger partial charge on any atom is -0.361 e. The first-order chi connectivity index (χ1) is 15.1. The second kappa shape index (κ2) is 9.32. The van der Waals surface area contributed by atoms with Gasteiger partial charge < -0.3 is 19.8 Å². The van der Waals surface area contributed by atoms with Crippen molar-refractivity contribution in [3.05, 3.63) is 47.7 Å². The summed E-state index contributed by atoms with van der Waals surface area (Å²) in [6.07, 6.45) is 4.69. The number of hydrogen-bond acceptors (Lipinski definition) is 4. The van der Waals surface area contributed by atoms with Crippen LogP contribution in [-0.2, 0) is 35.5 Å². The maximum absolute atomic E-state index is 12.9. The van der Waals surface area contributed by atoms with Crippen molar-refractivity contribution in [1.29, 1.82) is 0 Å². The van der Waals surface area contributed by atoms with Crippen molar-refractivity contribution in [2.24, 2.45) is 5.92 Å². The Labute approximate surface area is 182 Å². The molecule has 2 N–H and O–H groups in total. The first-order valence-corrected chi connectivity index (χ1v) is 11.1. The van der Waals surface area contributed by atoms with Gasteiger partial charge in [0.2, 0.25) is 11.8 Å². The highest BCUT2D eigenvalue weighted by Gasteiger charge is 2.22. The molecule has 0 radical (unpaired) electrons. The summed E-state index contributed by atoms with van der Waals surface area (Å²) in [5.74, 6) is 1.80. The lowest BCUT2D eigenvalue weighted by Gasteiger charge is -2.20. The second-order valence-corrected chi connectivity index (χ2v) is 8.20. The van der Waals surface area contributed by atoms with Crippen LogP contribution in [0.15, 0.2) is 30.5 Å². The summed E-state index contributed by atoms with van der Waals surface area (Å²) in [5, 5.41) is 12.7. The van der Waals surface area contributed by atoms with Crippen LogP contribution >= 0.6 is 0 Å². The van der Waals surface area contributed by atoms with E-state index in [0.717, 1.165) is 30.0 Å². The lowest BCUT2D eigenvalue weighted by molar-refractivity contribution is -0.131. The summed E-state index contributed by atoms with van der Waals surface area (Å²) in [7, 11) is 0. The van der Waals surface area contributed by atoms with Gasteiger partial charge in [-0.05, 0) is 24.5 Å². The Kier molecular flexibility index (Phi) is 6.34. The smallest absolute Gasteiger partial charge is 0.223 e. The molecule has 8 heteroatoms. The number of hydrogen-bond donors (Lipinski definition) is 2. The minimum absolute atomic E-state index is 0.0169. The molecule has 3 heterocycles. The summed E-state index contributed by atoms with van der Waals surface area (Å²) >= 11 is 0. The summed E-state index contributed by atoms with van der Waals surface area (Å²) in [6, 6.07) is 8.17. The predicted molar refractivity (Wildman–Crippen MR) is 118 cm³/mol. The van der Waals surface area contributed by atoms with Crippen LogP contribution in [0.2, 0.25) is 0 Å². The van der Waals surface area contributed by atoms with Gasteiger partial charge in [-0.1, -0.05) is 32.0 Å². The highest BCUT2D eigenvalue weighted by Crippen LogP contribution is 2.20. The van der Waals surface area contributed by atoms with E-state index in [9.17, 15) is 9.59 Å². The monoisotopic (exact) mass is 422 g/mol. The van der Waals surface area contributed by atoms with Gasteiger partial charge in [0.05, 0.1) is 6.54 Å². The molecule has 0 fully saturated rings. The Hall–Kier alpha value is -3.16. The third kappa shape index (κ3) is 4.62. The van der Waals surface area contributed by atoms with Crippen molar-refractivity contribution in [1.82, 2.24) is 30.0 Å². The van der Waals surface area contributed by atoms with E-state index in [1.54, 1.807) is 0 Å². The normalized spacial score (nSPS) is 14.8. The maximum atomic E-state index is 12.9. The number of aromatic nitrogens is 4. The van der Waals surface area contributed by atoms with E-state index >= 15 is 0 Å². The van der Waals surface area contributed by atoms with Gasteiger partial charge in [-0.25, -0.2) is 0 Å². The molecule has 31 heavy (non-hydrogen) atoms. The van der Waals surface area contributed by atoms with Crippen molar-refractivity contribution < 1.29 is 9.59 Å². The summed E-state index contributed by atoms with van der Waals surface area (Å²) in [5.41, 5.74) is 2.28. The molecule has 0 bridgehead atoms. The van der Waals surface area contributed by atoms with E-state index in [-0.39, 0.29) is 17.7 Å². The maximum Gasteiger partial charge on any atom is 0.223 e. The first-order valence-electron chi connectivity index (χ1n) is 11.1. The molecule has 3 aromatic rings. The third-order valence-electron chi connectivity index (χ3n) is 6.22. The minimum atomic E-state index is -0.0169. The van der Waals surface area contributed by atoms with E-state index in [4.69, 9.17) is 0 Å². The number of nitrogens with zero attached hydrogens (tertiary/aromatic N) is 4. The molecule has 2 aromatic heterocycles. The SMILES string of the molecule is CCC(C)C(=O)NCc1nnc2n1CCN(C(=O)CCc1c[nH]c3ccccc13)CC2. The number of carbonyl (C=O) groups is 2. The number of benzene rings is 1. The van der Waals surface area contributed by atoms with Crippen LogP contribution in [0.3, 0.4) is 0 Å². The van der Waals surface area contributed by atoms with Crippen LogP contribution < -0.4 is 5.32 Å². The molecule has 0 spiro atoms. The summed E-state index contributed by atoms with van der Waals surface area (Å²) in [4.78, 5) is 30.1. The fourth-order valence-electron chi connectivity index (χ4n) is 4.03. The van der Waals surface area contributed by atoms with Gasteiger partial charge in [-0.3, -0.25) is 9.59 Å². The van der Waals surface area contributed by atoms with Crippen LogP contribution in [0.25, 0.3) is 10.9 Å². The molecule has 4 rings (SSSR count). The van der Waals surface area contributed by atoms with Gasteiger partial charge in [0.15, 0.2) is 5.82 Å². The zero-order valence-electron chi connectivity index (χ0n) is 18.2. The molecule has 1 atom stereocenters. The number of carbonyl (C=O) groups excluding carboxylic acids is 2. The molecular formula is C23H30N6O2. The molecule has 0 aliphatic carbocycles. The summed E-state index contributed by atoms with van der Waals surface area (Å²) in [6.45, 7) is 6.20. The molecule has 8 nitrogen and oxygen atoms in total. The largest absolute Gasteiger partial charge is 0.361 e. The molecule has 0 saturated carbocycles. The van der Waals surface area contributed by atoms with Gasteiger partial charge in [0.25, 0.3) is 0 Å². The Morgan fingerprint density at radius 2 is 2.03 bits per heavy atom. The van der Waals surface area contributed by atoms with Gasteiger partial charge >= 0.3 is 0 Å². The molecule has 2 amide bonds. The zero-order valence-corrected chi connectivity index (χ0v) is 18.2. The molecule has 1 aliphatic rings. The highest BCUT2D eigenvalue weighted by atomic mass is 16.2. The van der Waals surface area contributed by atoms with Gasteiger partial charge in [0.1, 0.15) is 5.82 Å². The number of aromatic amines is 1. The second-order valence-electron chi connectivity index (χ2n) is 8.20. The standard InChI is InChI=1S/C23H30N6O2/c1-3-16(2)23(31)25-15-21-27-26-20-10-11-28(12-13-29(20)21)22(30)9-8-17-14-24-19-7-5-4-6-18(17)19/h4-7,14,16,24H,3,8-13,15H2,1-2H3,(H,25,31). The fraction of sp³-hybridized carbons (Fsp3) is 0.478. The number of rotatable bonds is 7. The van der Waals surface area contributed by atoms with Crippen LogP contribution in [0.4, 0.5) is 0 Å². The Balaban J connectivity index is 1.33. The molecule has 164 valence electrons. The molecule has 1 aromatic carbocycles. The molecular weight excluding hydrogens is 392 g/mol. The van der Waals surface area contributed by atoms with Crippen molar-refractivity contribution >= 4 is 22.7 Å². The van der Waals surface area contributed by atoms with Crippen molar-refractivity contribution in [2.45, 2.75) is 52.6 Å². The first kappa shape index (κ1) is 21.1. The lowest BCUT2D eigenvalue weighted by atomic mass is 10.1. The molecule has 1 aliphatic heterocycles. The Morgan fingerprint density at radius 1 is 1.19 bits per heavy atom. The van der Waals surface area contributed by atoms with E-state index < -0.39 is 0 Å². The number of para-hydroxylation sites is 1. The number of amides is 2. The van der Waals surface area contributed by atoms with Crippen LogP contribution in [0.1, 0.15) is 43.9 Å². The fourth-order valence-corrected chi connectivity index (χ4v) is 4.03. The van der Waals surface area contributed by atoms with Gasteiger partial charge in [0, 0.05) is 55.5 Å². The topological polar surface area (TPSA) is 95.9 Å². The van der Waals surface area contributed by atoms with Gasteiger partial charge in [-0.2, -0.15) is 0 Å². The van der Waals surface area contributed by atoms with Crippen molar-refractivity contribution in [3.8, 4) is 0 Å². The van der Waals surface area contributed by atoms with Crippen molar-refractivity contribution in [3.63, 3.8) is 0 Å². The molecule has 0 saturated heterocycles. The van der Waals surface area contributed by atoms with Gasteiger partial charge in [-0.15, -0.1) is 10.2 Å². The quantitative estimate of drug-likeness (QED) is 0.611. The van der Waals surface area contributed by atoms with E-state index in [0.29, 0.717) is 39.0 Å². The van der Waals surface area contributed by atoms with E-state index in [1.165, 1.54) is 10.9 Å². The van der Waals surface area contributed by atoms with E-state index in [1.807, 2.05) is 47.7 Å². The summed E-state index contributed by atoms with van der Waals surface area (Å²) < 4.78 is 2.05. The molecule has 1 unspecified atom stereocenters. The number of H-pyrrole nitrogens is 1.